The predicted octanol–water partition coefficient (Wildman–Crippen LogP) is 3.30. The lowest BCUT2D eigenvalue weighted by Gasteiger charge is -2.34. The van der Waals surface area contributed by atoms with Crippen molar-refractivity contribution in [1.29, 1.82) is 0 Å². The Morgan fingerprint density at radius 3 is 2.31 bits per heavy atom. The summed E-state index contributed by atoms with van der Waals surface area (Å²) < 4.78 is 5.29. The van der Waals surface area contributed by atoms with E-state index in [1.807, 2.05) is 62.4 Å². The number of thiol groups is 1. The van der Waals surface area contributed by atoms with Crippen LogP contribution in [0.5, 0.6) is 0 Å². The fourth-order valence-corrected chi connectivity index (χ4v) is 4.02. The first-order valence-electron chi connectivity index (χ1n) is 11.9. The van der Waals surface area contributed by atoms with Crippen molar-refractivity contribution >= 4 is 30.5 Å². The third kappa shape index (κ3) is 8.57. The van der Waals surface area contributed by atoms with E-state index in [4.69, 9.17) is 4.74 Å². The highest BCUT2D eigenvalue weighted by Gasteiger charge is 2.36. The molecule has 3 amide bonds. The van der Waals surface area contributed by atoms with Crippen molar-refractivity contribution in [2.75, 3.05) is 18.9 Å². The van der Waals surface area contributed by atoms with Gasteiger partial charge in [-0.1, -0.05) is 54.1 Å². The van der Waals surface area contributed by atoms with Gasteiger partial charge >= 0.3 is 6.09 Å². The third-order valence-corrected chi connectivity index (χ3v) is 5.75. The molecule has 0 heterocycles. The summed E-state index contributed by atoms with van der Waals surface area (Å²) in [5.74, 6) is -0.974. The zero-order valence-corrected chi connectivity index (χ0v) is 22.5. The number of benzene rings is 2. The zero-order chi connectivity index (χ0) is 26.9. The Morgan fingerprint density at radius 2 is 1.75 bits per heavy atom. The van der Waals surface area contributed by atoms with Crippen LogP contribution >= 0.6 is 12.6 Å². The Bertz CT molecular complexity index is 1040. The van der Waals surface area contributed by atoms with Crippen molar-refractivity contribution in [3.63, 3.8) is 0 Å². The number of nitrogens with zero attached hydrogens (tertiary/aromatic N) is 1. The predicted molar refractivity (Wildman–Crippen MR) is 143 cm³/mol. The molecule has 0 aromatic heterocycles. The second-order valence-electron chi connectivity index (χ2n) is 9.60. The third-order valence-electron chi connectivity index (χ3n) is 5.39. The molecule has 2 aromatic rings. The van der Waals surface area contributed by atoms with Crippen LogP contribution in [0, 0.1) is 13.8 Å². The lowest BCUT2D eigenvalue weighted by atomic mass is 9.96. The molecule has 196 valence electrons. The molecule has 0 aliphatic rings. The summed E-state index contributed by atoms with van der Waals surface area (Å²) >= 11 is 4.25. The number of aliphatic hydroxyl groups excluding tert-OH is 1. The molecule has 8 nitrogen and oxygen atoms in total. The molecule has 0 saturated heterocycles. The van der Waals surface area contributed by atoms with E-state index in [1.165, 1.54) is 4.90 Å². The van der Waals surface area contributed by atoms with Crippen LogP contribution in [0.3, 0.4) is 0 Å². The SMILES string of the molecule is Cc1ccc(C(C(=O)NCc2ccccc2)N(CCO)C(=O)C(CS)NC(=O)OC(C)(C)C)c(C)c1. The number of carbonyl (C=O) groups excluding carboxylic acids is 3. The van der Waals surface area contributed by atoms with Crippen molar-refractivity contribution in [3.8, 4) is 0 Å². The fourth-order valence-electron chi connectivity index (χ4n) is 3.77. The van der Waals surface area contributed by atoms with E-state index in [2.05, 4.69) is 23.3 Å². The maximum atomic E-state index is 13.7. The van der Waals surface area contributed by atoms with Crippen LogP contribution in [0.25, 0.3) is 0 Å². The first kappa shape index (κ1) is 29.2. The van der Waals surface area contributed by atoms with Crippen LogP contribution in [-0.2, 0) is 20.9 Å². The normalized spacial score (nSPS) is 12.9. The number of nitrogens with one attached hydrogen (secondary N) is 2. The highest BCUT2D eigenvalue weighted by atomic mass is 32.1. The molecule has 0 fully saturated rings. The topological polar surface area (TPSA) is 108 Å². The number of carbonyl (C=O) groups is 3. The first-order chi connectivity index (χ1) is 17.0. The van der Waals surface area contributed by atoms with Crippen molar-refractivity contribution in [2.24, 2.45) is 0 Å². The number of alkyl carbamates (subject to hydrolysis) is 1. The van der Waals surface area contributed by atoms with Gasteiger partial charge in [0.15, 0.2) is 0 Å². The van der Waals surface area contributed by atoms with E-state index in [-0.39, 0.29) is 25.4 Å². The van der Waals surface area contributed by atoms with E-state index in [9.17, 15) is 19.5 Å². The highest BCUT2D eigenvalue weighted by Crippen LogP contribution is 2.26. The number of aliphatic hydroxyl groups is 1. The molecule has 0 radical (unpaired) electrons. The molecule has 0 spiro atoms. The minimum absolute atomic E-state index is 0.0226. The van der Waals surface area contributed by atoms with E-state index in [1.54, 1.807) is 20.8 Å². The summed E-state index contributed by atoms with van der Waals surface area (Å²) in [6.45, 7) is 8.76. The summed E-state index contributed by atoms with van der Waals surface area (Å²) in [4.78, 5) is 40.9. The molecule has 3 N–H and O–H groups in total. The fraction of sp³-hybridized carbons (Fsp3) is 0.444. The zero-order valence-electron chi connectivity index (χ0n) is 21.6. The maximum Gasteiger partial charge on any atom is 0.408 e. The van der Waals surface area contributed by atoms with Crippen LogP contribution in [-0.4, -0.2) is 58.5 Å². The van der Waals surface area contributed by atoms with Crippen LogP contribution in [0.1, 0.15) is 49.1 Å². The molecule has 9 heteroatoms. The standard InChI is InChI=1S/C27H37N3O5S/c1-18-11-12-21(19(2)15-18)23(24(32)28-16-20-9-7-6-8-10-20)30(13-14-31)25(33)22(17-36)29-26(34)35-27(3,4)5/h6-12,15,22-23,31,36H,13-14,16-17H2,1-5H3,(H,28,32)(H,29,34). The molecule has 2 aromatic carbocycles. The van der Waals surface area contributed by atoms with Gasteiger partial charge in [-0.15, -0.1) is 0 Å². The average molecular weight is 516 g/mol. The lowest BCUT2D eigenvalue weighted by molar-refractivity contribution is -0.142. The summed E-state index contributed by atoms with van der Waals surface area (Å²) in [5, 5.41) is 15.3. The van der Waals surface area contributed by atoms with Crippen LogP contribution < -0.4 is 10.6 Å². The largest absolute Gasteiger partial charge is 0.444 e. The van der Waals surface area contributed by atoms with Crippen LogP contribution in [0.4, 0.5) is 4.79 Å². The average Bonchev–Trinajstić information content (AvgIpc) is 2.81. The smallest absolute Gasteiger partial charge is 0.408 e. The van der Waals surface area contributed by atoms with E-state index in [0.29, 0.717) is 5.56 Å². The monoisotopic (exact) mass is 515 g/mol. The molecular weight excluding hydrogens is 478 g/mol. The van der Waals surface area contributed by atoms with Gasteiger partial charge in [-0.3, -0.25) is 9.59 Å². The van der Waals surface area contributed by atoms with E-state index < -0.39 is 35.6 Å². The minimum Gasteiger partial charge on any atom is -0.444 e. The molecule has 0 saturated carbocycles. The van der Waals surface area contributed by atoms with Crippen molar-refractivity contribution in [3.05, 3.63) is 70.8 Å². The van der Waals surface area contributed by atoms with Crippen LogP contribution in [0.2, 0.25) is 0 Å². The van der Waals surface area contributed by atoms with E-state index >= 15 is 0 Å². The number of amides is 3. The van der Waals surface area contributed by atoms with Gasteiger partial charge in [-0.05, 0) is 51.3 Å². The van der Waals surface area contributed by atoms with Gasteiger partial charge in [0, 0.05) is 18.8 Å². The molecule has 36 heavy (non-hydrogen) atoms. The molecule has 0 aliphatic heterocycles. The van der Waals surface area contributed by atoms with Crippen molar-refractivity contribution in [2.45, 2.75) is 58.8 Å². The van der Waals surface area contributed by atoms with Gasteiger partial charge in [-0.2, -0.15) is 12.6 Å². The molecule has 2 rings (SSSR count). The maximum absolute atomic E-state index is 13.7. The highest BCUT2D eigenvalue weighted by molar-refractivity contribution is 7.80. The number of hydrogen-bond acceptors (Lipinski definition) is 6. The summed E-state index contributed by atoms with van der Waals surface area (Å²) in [7, 11) is 0. The molecule has 0 bridgehead atoms. The van der Waals surface area contributed by atoms with Gasteiger partial charge < -0.3 is 25.4 Å². The Balaban J connectivity index is 2.41. The first-order valence-corrected chi connectivity index (χ1v) is 12.5. The Hall–Kier alpha value is -3.04. The number of ether oxygens (including phenoxy) is 1. The lowest BCUT2D eigenvalue weighted by Crippen LogP contribution is -2.54. The van der Waals surface area contributed by atoms with Gasteiger partial charge in [0.05, 0.1) is 6.61 Å². The van der Waals surface area contributed by atoms with Gasteiger partial charge in [-0.25, -0.2) is 4.79 Å². The van der Waals surface area contributed by atoms with Gasteiger partial charge in [0.25, 0.3) is 0 Å². The number of hydrogen-bond donors (Lipinski definition) is 4. The Morgan fingerprint density at radius 1 is 1.08 bits per heavy atom. The second kappa shape index (κ2) is 13.3. The molecule has 2 atom stereocenters. The Kier molecular flexibility index (Phi) is 10.8. The van der Waals surface area contributed by atoms with Crippen LogP contribution in [0.15, 0.2) is 48.5 Å². The van der Waals surface area contributed by atoms with Gasteiger partial charge in [0.1, 0.15) is 17.7 Å². The second-order valence-corrected chi connectivity index (χ2v) is 9.97. The summed E-state index contributed by atoms with van der Waals surface area (Å²) in [6.07, 6.45) is -0.768. The van der Waals surface area contributed by atoms with Crippen molar-refractivity contribution < 1.29 is 24.2 Å². The van der Waals surface area contributed by atoms with Crippen molar-refractivity contribution in [1.82, 2.24) is 15.5 Å². The van der Waals surface area contributed by atoms with E-state index in [0.717, 1.165) is 16.7 Å². The molecule has 0 aliphatic carbocycles. The summed E-state index contributed by atoms with van der Waals surface area (Å²) in [5.41, 5.74) is 2.62. The molecular formula is C27H37N3O5S. The van der Waals surface area contributed by atoms with Gasteiger partial charge in [0.2, 0.25) is 11.8 Å². The number of aryl methyl sites for hydroxylation is 2. The quantitative estimate of drug-likeness (QED) is 0.363. The Labute approximate surface area is 218 Å². The number of rotatable bonds is 10. The minimum atomic E-state index is -1.06. The molecule has 2 unspecified atom stereocenters. The summed E-state index contributed by atoms with van der Waals surface area (Å²) in [6, 6.07) is 13.0.